The molecule has 4 aromatic rings. The maximum Gasteiger partial charge on any atom is 0.251 e. The topological polar surface area (TPSA) is 46.9 Å². The molecule has 3 aromatic carbocycles. The van der Waals surface area contributed by atoms with Crippen molar-refractivity contribution in [3.05, 3.63) is 102 Å². The Morgan fingerprint density at radius 1 is 0.926 bits per heavy atom. The van der Waals surface area contributed by atoms with E-state index in [0.717, 1.165) is 28.7 Å². The van der Waals surface area contributed by atoms with Crippen LogP contribution in [0.4, 0.5) is 4.39 Å². The SMILES string of the molecule is O=C(NCc1ccc(Cn2cnc3ccccc32)cc1)c1ccc(F)cc1. The van der Waals surface area contributed by atoms with E-state index in [1.165, 1.54) is 24.3 Å². The molecule has 27 heavy (non-hydrogen) atoms. The van der Waals surface area contributed by atoms with Crippen molar-refractivity contribution in [2.45, 2.75) is 13.1 Å². The summed E-state index contributed by atoms with van der Waals surface area (Å²) in [5.74, 6) is -0.572. The second-order valence-electron chi connectivity index (χ2n) is 6.37. The number of nitrogens with one attached hydrogen (secondary N) is 1. The Kier molecular flexibility index (Phi) is 4.66. The van der Waals surface area contributed by atoms with Gasteiger partial charge in [-0.25, -0.2) is 9.37 Å². The van der Waals surface area contributed by atoms with Gasteiger partial charge >= 0.3 is 0 Å². The van der Waals surface area contributed by atoms with Crippen LogP contribution in [0.3, 0.4) is 0 Å². The molecule has 1 heterocycles. The molecule has 1 amide bonds. The molecule has 4 nitrogen and oxygen atoms in total. The van der Waals surface area contributed by atoms with Crippen LogP contribution in [0.5, 0.6) is 0 Å². The highest BCUT2D eigenvalue weighted by molar-refractivity contribution is 5.94. The highest BCUT2D eigenvalue weighted by Gasteiger charge is 2.06. The lowest BCUT2D eigenvalue weighted by atomic mass is 10.1. The number of hydrogen-bond acceptors (Lipinski definition) is 2. The molecule has 0 saturated carbocycles. The molecule has 5 heteroatoms. The van der Waals surface area contributed by atoms with E-state index in [1.54, 1.807) is 0 Å². The average molecular weight is 359 g/mol. The Morgan fingerprint density at radius 3 is 2.41 bits per heavy atom. The minimum atomic E-state index is -0.354. The first-order valence-electron chi connectivity index (χ1n) is 8.70. The summed E-state index contributed by atoms with van der Waals surface area (Å²) in [7, 11) is 0. The summed E-state index contributed by atoms with van der Waals surface area (Å²) in [6.07, 6.45) is 1.85. The molecule has 1 N–H and O–H groups in total. The number of carbonyl (C=O) groups is 1. The van der Waals surface area contributed by atoms with Crippen LogP contribution in [-0.4, -0.2) is 15.5 Å². The van der Waals surface area contributed by atoms with E-state index in [-0.39, 0.29) is 11.7 Å². The van der Waals surface area contributed by atoms with Crippen LogP contribution in [-0.2, 0) is 13.1 Å². The van der Waals surface area contributed by atoms with E-state index in [9.17, 15) is 9.18 Å². The molecule has 1 aromatic heterocycles. The quantitative estimate of drug-likeness (QED) is 0.582. The van der Waals surface area contributed by atoms with Crippen LogP contribution in [0.2, 0.25) is 0 Å². The molecule has 0 radical (unpaired) electrons. The molecular weight excluding hydrogens is 341 g/mol. The third-order valence-electron chi connectivity index (χ3n) is 4.46. The third kappa shape index (κ3) is 3.87. The average Bonchev–Trinajstić information content (AvgIpc) is 3.11. The number of benzene rings is 3. The highest BCUT2D eigenvalue weighted by Crippen LogP contribution is 2.14. The van der Waals surface area contributed by atoms with Gasteiger partial charge in [-0.1, -0.05) is 36.4 Å². The summed E-state index contributed by atoms with van der Waals surface area (Å²) in [6, 6.07) is 21.7. The van der Waals surface area contributed by atoms with Crippen molar-refractivity contribution in [1.82, 2.24) is 14.9 Å². The normalized spacial score (nSPS) is 10.9. The van der Waals surface area contributed by atoms with Crippen molar-refractivity contribution >= 4 is 16.9 Å². The van der Waals surface area contributed by atoms with Gasteiger partial charge in [-0.3, -0.25) is 4.79 Å². The van der Waals surface area contributed by atoms with Crippen molar-refractivity contribution in [2.75, 3.05) is 0 Å². The van der Waals surface area contributed by atoms with Crippen molar-refractivity contribution in [2.24, 2.45) is 0 Å². The van der Waals surface area contributed by atoms with E-state index >= 15 is 0 Å². The number of fused-ring (bicyclic) bond motifs is 1. The maximum atomic E-state index is 12.9. The number of aromatic nitrogens is 2. The zero-order chi connectivity index (χ0) is 18.6. The standard InChI is InChI=1S/C22H18FN3O/c23-19-11-9-18(10-12-19)22(27)24-13-16-5-7-17(8-6-16)14-26-15-25-20-3-1-2-4-21(20)26/h1-12,15H,13-14H2,(H,24,27). The second kappa shape index (κ2) is 7.41. The monoisotopic (exact) mass is 359 g/mol. The second-order valence-corrected chi connectivity index (χ2v) is 6.37. The summed E-state index contributed by atoms with van der Waals surface area (Å²) in [5.41, 5.74) is 4.70. The lowest BCUT2D eigenvalue weighted by Gasteiger charge is -2.08. The number of para-hydroxylation sites is 2. The Bertz CT molecular complexity index is 1070. The van der Waals surface area contributed by atoms with Crippen molar-refractivity contribution in [3.8, 4) is 0 Å². The predicted octanol–water partition coefficient (Wildman–Crippen LogP) is 4.15. The summed E-state index contributed by atoms with van der Waals surface area (Å²) in [6.45, 7) is 1.16. The first kappa shape index (κ1) is 17.0. The molecule has 0 spiro atoms. The van der Waals surface area contributed by atoms with E-state index in [1.807, 2.05) is 48.8 Å². The zero-order valence-corrected chi connectivity index (χ0v) is 14.6. The summed E-state index contributed by atoms with van der Waals surface area (Å²) < 4.78 is 15.0. The molecule has 4 rings (SSSR count). The van der Waals surface area contributed by atoms with Gasteiger partial charge in [0.15, 0.2) is 0 Å². The predicted molar refractivity (Wildman–Crippen MR) is 103 cm³/mol. The number of nitrogens with zero attached hydrogens (tertiary/aromatic N) is 2. The third-order valence-corrected chi connectivity index (χ3v) is 4.46. The molecule has 0 atom stereocenters. The van der Waals surface area contributed by atoms with E-state index in [0.29, 0.717) is 12.1 Å². The molecule has 0 bridgehead atoms. The van der Waals surface area contributed by atoms with Crippen LogP contribution in [0.25, 0.3) is 11.0 Å². The molecular formula is C22H18FN3O. The van der Waals surface area contributed by atoms with Gasteiger partial charge in [0.1, 0.15) is 5.82 Å². The fourth-order valence-corrected chi connectivity index (χ4v) is 2.98. The smallest absolute Gasteiger partial charge is 0.251 e. The minimum Gasteiger partial charge on any atom is -0.348 e. The molecule has 0 aliphatic heterocycles. The lowest BCUT2D eigenvalue weighted by Crippen LogP contribution is -2.22. The lowest BCUT2D eigenvalue weighted by molar-refractivity contribution is 0.0951. The van der Waals surface area contributed by atoms with Crippen LogP contribution in [0.15, 0.2) is 79.1 Å². The molecule has 0 fully saturated rings. The fraction of sp³-hybridized carbons (Fsp3) is 0.0909. The first-order valence-corrected chi connectivity index (χ1v) is 8.70. The van der Waals surface area contributed by atoms with Gasteiger partial charge in [-0.2, -0.15) is 0 Å². The van der Waals surface area contributed by atoms with Crippen LogP contribution in [0.1, 0.15) is 21.5 Å². The fourth-order valence-electron chi connectivity index (χ4n) is 2.98. The zero-order valence-electron chi connectivity index (χ0n) is 14.6. The Labute approximate surface area is 156 Å². The number of amides is 1. The van der Waals surface area contributed by atoms with Gasteiger partial charge < -0.3 is 9.88 Å². The first-order chi connectivity index (χ1) is 13.2. The van der Waals surface area contributed by atoms with E-state index in [2.05, 4.69) is 20.9 Å². The maximum absolute atomic E-state index is 12.9. The van der Waals surface area contributed by atoms with Gasteiger partial charge in [-0.15, -0.1) is 0 Å². The van der Waals surface area contributed by atoms with E-state index < -0.39 is 0 Å². The summed E-state index contributed by atoms with van der Waals surface area (Å²) >= 11 is 0. The summed E-state index contributed by atoms with van der Waals surface area (Å²) in [4.78, 5) is 16.5. The van der Waals surface area contributed by atoms with Crippen molar-refractivity contribution in [1.29, 1.82) is 0 Å². The number of carbonyl (C=O) groups excluding carboxylic acids is 1. The van der Waals surface area contributed by atoms with Crippen LogP contribution >= 0.6 is 0 Å². The molecule has 0 aliphatic rings. The van der Waals surface area contributed by atoms with Gasteiger partial charge in [0.25, 0.3) is 5.91 Å². The molecule has 0 unspecified atom stereocenters. The van der Waals surface area contributed by atoms with Crippen LogP contribution in [0, 0.1) is 5.82 Å². The van der Waals surface area contributed by atoms with E-state index in [4.69, 9.17) is 0 Å². The van der Waals surface area contributed by atoms with Crippen molar-refractivity contribution in [3.63, 3.8) is 0 Å². The molecule has 134 valence electrons. The Morgan fingerprint density at radius 2 is 1.63 bits per heavy atom. The largest absolute Gasteiger partial charge is 0.348 e. The number of imidazole rings is 1. The van der Waals surface area contributed by atoms with Gasteiger partial charge in [0.05, 0.1) is 17.4 Å². The van der Waals surface area contributed by atoms with Gasteiger partial charge in [0.2, 0.25) is 0 Å². The summed E-state index contributed by atoms with van der Waals surface area (Å²) in [5, 5.41) is 2.85. The van der Waals surface area contributed by atoms with Crippen LogP contribution < -0.4 is 5.32 Å². The number of halogens is 1. The number of rotatable bonds is 5. The van der Waals surface area contributed by atoms with Gasteiger partial charge in [0, 0.05) is 18.7 Å². The number of hydrogen-bond donors (Lipinski definition) is 1. The molecule has 0 aliphatic carbocycles. The highest BCUT2D eigenvalue weighted by atomic mass is 19.1. The Balaban J connectivity index is 1.39. The molecule has 0 saturated heterocycles. The minimum absolute atomic E-state index is 0.219. The van der Waals surface area contributed by atoms with Crippen molar-refractivity contribution < 1.29 is 9.18 Å². The van der Waals surface area contributed by atoms with Gasteiger partial charge in [-0.05, 0) is 47.5 Å². The Hall–Kier alpha value is -3.47.